The van der Waals surface area contributed by atoms with Gasteiger partial charge in [-0.15, -0.1) is 0 Å². The molecule has 3 heterocycles. The van der Waals surface area contributed by atoms with E-state index in [9.17, 15) is 0 Å². The van der Waals surface area contributed by atoms with Crippen LogP contribution in [0.5, 0.6) is 5.88 Å². The van der Waals surface area contributed by atoms with Crippen LogP contribution >= 0.6 is 41.1 Å². The predicted molar refractivity (Wildman–Crippen MR) is 73.7 cm³/mol. The van der Waals surface area contributed by atoms with Gasteiger partial charge in [-0.3, -0.25) is 0 Å². The summed E-state index contributed by atoms with van der Waals surface area (Å²) < 4.78 is 16.3. The minimum atomic E-state index is -2.28. The van der Waals surface area contributed by atoms with Gasteiger partial charge >= 0.3 is 0 Å². The van der Waals surface area contributed by atoms with Crippen molar-refractivity contribution in [3.63, 3.8) is 0 Å². The smallest absolute Gasteiger partial charge is 0.237 e. The second-order valence-corrected chi connectivity index (χ2v) is 9.37. The first kappa shape index (κ1) is 13.4. The average Bonchev–Trinajstić information content (AvgIpc) is 3.18. The van der Waals surface area contributed by atoms with Gasteiger partial charge in [0.05, 0.1) is 18.2 Å². The molecule has 2 aliphatic heterocycles. The first-order chi connectivity index (χ1) is 8.50. The fourth-order valence-electron chi connectivity index (χ4n) is 1.43. The molecule has 2 aliphatic rings. The van der Waals surface area contributed by atoms with E-state index in [1.807, 2.05) is 0 Å². The third-order valence-electron chi connectivity index (χ3n) is 2.52. The molecule has 0 saturated carbocycles. The quantitative estimate of drug-likeness (QED) is 0.474. The van der Waals surface area contributed by atoms with E-state index in [4.69, 9.17) is 60.6 Å². The molecule has 2 unspecified atom stereocenters. The van der Waals surface area contributed by atoms with Crippen LogP contribution in [0.2, 0.25) is 15.2 Å². The molecule has 98 valence electrons. The van der Waals surface area contributed by atoms with Gasteiger partial charge in [0.2, 0.25) is 5.88 Å². The molecular weight excluding hydrogens is 340 g/mol. The summed E-state index contributed by atoms with van der Waals surface area (Å²) in [5.41, 5.74) is 0. The average molecular weight is 347 g/mol. The summed E-state index contributed by atoms with van der Waals surface area (Å²) in [6.07, 6.45) is -2.28. The van der Waals surface area contributed by atoms with E-state index in [1.54, 1.807) is 0 Å². The molecule has 18 heavy (non-hydrogen) atoms. The van der Waals surface area contributed by atoms with Gasteiger partial charge in [0.1, 0.15) is 16.7 Å². The molecule has 1 aromatic heterocycles. The van der Waals surface area contributed by atoms with Crippen molar-refractivity contribution in [1.82, 2.24) is 4.98 Å². The molecule has 0 N–H and O–H groups in total. The van der Waals surface area contributed by atoms with Crippen molar-refractivity contribution in [3.05, 3.63) is 21.3 Å². The van der Waals surface area contributed by atoms with E-state index in [2.05, 4.69) is 4.98 Å². The zero-order valence-corrected chi connectivity index (χ0v) is 12.8. The Kier molecular flexibility index (Phi) is 3.52. The maximum absolute atomic E-state index is 6.02. The molecule has 0 radical (unpaired) electrons. The second-order valence-electron chi connectivity index (χ2n) is 3.86. The summed E-state index contributed by atoms with van der Waals surface area (Å²) in [5, 5.41) is 0.679. The molecule has 0 bridgehead atoms. The van der Waals surface area contributed by atoms with Crippen LogP contribution in [0.3, 0.4) is 0 Å². The number of halogens is 3. The summed E-state index contributed by atoms with van der Waals surface area (Å²) in [4.78, 5) is 4.01. The Hall–Kier alpha value is 0.390. The van der Waals surface area contributed by atoms with Crippen molar-refractivity contribution in [1.29, 1.82) is 0 Å². The lowest BCUT2D eigenvalue weighted by Gasteiger charge is -2.19. The Balaban J connectivity index is 1.91. The highest BCUT2D eigenvalue weighted by molar-refractivity contribution is 8.13. The highest BCUT2D eigenvalue weighted by Gasteiger charge is 2.53. The number of epoxide rings is 2. The lowest BCUT2D eigenvalue weighted by Crippen LogP contribution is -2.06. The van der Waals surface area contributed by atoms with Gasteiger partial charge in [0.15, 0.2) is 11.4 Å². The maximum Gasteiger partial charge on any atom is 0.237 e. The van der Waals surface area contributed by atoms with Crippen molar-refractivity contribution in [3.8, 4) is 5.88 Å². The van der Waals surface area contributed by atoms with Crippen LogP contribution in [-0.4, -0.2) is 29.9 Å². The first-order valence-corrected chi connectivity index (χ1v) is 9.03. The Bertz CT molecular complexity index is 534. The molecule has 9 heteroatoms. The molecular formula is C9H7Cl3NO3PS. The third-order valence-corrected chi connectivity index (χ3v) is 7.76. The topological polar surface area (TPSA) is 47.2 Å². The molecule has 4 nitrogen and oxygen atoms in total. The van der Waals surface area contributed by atoms with E-state index in [1.165, 1.54) is 6.07 Å². The van der Waals surface area contributed by atoms with Crippen molar-refractivity contribution in [2.75, 3.05) is 13.2 Å². The van der Waals surface area contributed by atoms with Crippen LogP contribution in [0.4, 0.5) is 0 Å². The summed E-state index contributed by atoms with van der Waals surface area (Å²) in [6, 6.07) is 1.48. The van der Waals surface area contributed by atoms with E-state index in [-0.39, 0.29) is 32.8 Å². The van der Waals surface area contributed by atoms with Gasteiger partial charge in [-0.25, -0.2) is 0 Å². The predicted octanol–water partition coefficient (Wildman–Crippen LogP) is 3.53. The van der Waals surface area contributed by atoms with Crippen LogP contribution in [0, 0.1) is 0 Å². The van der Waals surface area contributed by atoms with Gasteiger partial charge in [-0.05, 0) is 17.9 Å². The Morgan fingerprint density at radius 3 is 2.28 bits per heavy atom. The van der Waals surface area contributed by atoms with E-state index in [0.29, 0.717) is 13.2 Å². The number of hydrogen-bond donors (Lipinski definition) is 0. The Morgan fingerprint density at radius 1 is 1.22 bits per heavy atom. The van der Waals surface area contributed by atoms with Crippen LogP contribution < -0.4 is 4.52 Å². The normalized spacial score (nSPS) is 28.6. The van der Waals surface area contributed by atoms with Crippen LogP contribution in [0.15, 0.2) is 6.07 Å². The monoisotopic (exact) mass is 345 g/mol. The highest BCUT2D eigenvalue weighted by Crippen LogP contribution is 2.65. The highest BCUT2D eigenvalue weighted by atomic mass is 35.5. The minimum absolute atomic E-state index is 0.0766. The third kappa shape index (κ3) is 2.50. The summed E-state index contributed by atoms with van der Waals surface area (Å²) >= 11 is 23.2. The van der Waals surface area contributed by atoms with Gasteiger partial charge in [-0.1, -0.05) is 34.8 Å². The van der Waals surface area contributed by atoms with Crippen molar-refractivity contribution >= 4 is 52.9 Å². The van der Waals surface area contributed by atoms with Gasteiger partial charge in [0, 0.05) is 0 Å². The van der Waals surface area contributed by atoms with Gasteiger partial charge < -0.3 is 14.0 Å². The van der Waals surface area contributed by atoms with Crippen LogP contribution in [0.25, 0.3) is 0 Å². The SMILES string of the molecule is S=P(Oc1nc(Cl)c(Cl)cc1Cl)(C1CO1)C1CO1. The number of rotatable bonds is 4. The lowest BCUT2D eigenvalue weighted by atomic mass is 10.5. The number of nitrogens with zero attached hydrogens (tertiary/aromatic N) is 1. The molecule has 2 fully saturated rings. The fourth-order valence-corrected chi connectivity index (χ4v) is 4.98. The molecule has 0 amide bonds. The largest absolute Gasteiger partial charge is 0.442 e. The van der Waals surface area contributed by atoms with Crippen LogP contribution in [-0.2, 0) is 21.3 Å². The summed E-state index contributed by atoms with van der Waals surface area (Å²) in [7, 11) is 0. The molecule has 0 aliphatic carbocycles. The number of hydrogen-bond acceptors (Lipinski definition) is 5. The number of ether oxygens (including phenoxy) is 2. The Labute approximate surface area is 124 Å². The van der Waals surface area contributed by atoms with E-state index >= 15 is 0 Å². The fraction of sp³-hybridized carbons (Fsp3) is 0.444. The first-order valence-electron chi connectivity index (χ1n) is 5.04. The zero-order chi connectivity index (χ0) is 12.9. The standard InChI is InChI=1S/C9H7Cl3NO3PS/c10-4-1-5(11)9(13-8(4)12)16-17(18,6-2-14-6)7-3-15-7/h1,6-7H,2-3H2. The van der Waals surface area contributed by atoms with E-state index in [0.717, 1.165) is 0 Å². The number of pyridine rings is 1. The van der Waals surface area contributed by atoms with Crippen molar-refractivity contribution in [2.45, 2.75) is 11.7 Å². The van der Waals surface area contributed by atoms with E-state index < -0.39 is 6.26 Å². The Morgan fingerprint density at radius 2 is 1.78 bits per heavy atom. The van der Waals surface area contributed by atoms with Crippen molar-refractivity contribution < 1.29 is 14.0 Å². The molecule has 2 atom stereocenters. The van der Waals surface area contributed by atoms with Crippen LogP contribution in [0.1, 0.15) is 0 Å². The molecule has 2 saturated heterocycles. The maximum atomic E-state index is 6.02. The molecule has 1 aromatic rings. The second kappa shape index (κ2) is 4.74. The molecule has 3 rings (SSSR count). The summed E-state index contributed by atoms with van der Waals surface area (Å²) in [6.45, 7) is 1.19. The number of aromatic nitrogens is 1. The minimum Gasteiger partial charge on any atom is -0.442 e. The lowest BCUT2D eigenvalue weighted by molar-refractivity contribution is 0.419. The molecule has 0 spiro atoms. The molecule has 0 aromatic carbocycles. The van der Waals surface area contributed by atoms with Gasteiger partial charge in [-0.2, -0.15) is 4.98 Å². The van der Waals surface area contributed by atoms with Gasteiger partial charge in [0.25, 0.3) is 0 Å². The summed E-state index contributed by atoms with van der Waals surface area (Å²) in [5.74, 6) is 0.0417. The van der Waals surface area contributed by atoms with Crippen molar-refractivity contribution in [2.24, 2.45) is 0 Å². The zero-order valence-electron chi connectivity index (χ0n) is 8.81.